The Hall–Kier alpha value is -1.15. The molecule has 0 aliphatic heterocycles. The molecule has 1 aliphatic carbocycles. The van der Waals surface area contributed by atoms with Crippen molar-refractivity contribution in [1.29, 1.82) is 0 Å². The highest BCUT2D eigenvalue weighted by molar-refractivity contribution is 8.23. The Kier molecular flexibility index (Phi) is 7.07. The largest absolute Gasteiger partial charge is 0.491 e. The molecular formula is C19H26O5S2. The van der Waals surface area contributed by atoms with Crippen LogP contribution in [0, 0.1) is 0 Å². The first-order valence-electron chi connectivity index (χ1n) is 8.63. The van der Waals surface area contributed by atoms with Gasteiger partial charge in [-0.25, -0.2) is 0 Å². The van der Waals surface area contributed by atoms with Crippen LogP contribution in [0.15, 0.2) is 24.3 Å². The molecule has 1 aliphatic rings. The van der Waals surface area contributed by atoms with Crippen molar-refractivity contribution in [3.8, 4) is 5.75 Å². The minimum Gasteiger partial charge on any atom is -0.491 e. The van der Waals surface area contributed by atoms with E-state index in [1.54, 1.807) is 36.0 Å². The molecule has 1 aromatic rings. The van der Waals surface area contributed by atoms with Gasteiger partial charge in [-0.1, -0.05) is 11.8 Å². The van der Waals surface area contributed by atoms with E-state index in [1.807, 2.05) is 6.92 Å². The fourth-order valence-electron chi connectivity index (χ4n) is 2.40. The van der Waals surface area contributed by atoms with Crippen LogP contribution in [-0.4, -0.2) is 51.5 Å². The second-order valence-electron chi connectivity index (χ2n) is 6.92. The maximum absolute atomic E-state index is 12.0. The van der Waals surface area contributed by atoms with Gasteiger partial charge in [-0.2, -0.15) is 0 Å². The van der Waals surface area contributed by atoms with Crippen molar-refractivity contribution >= 4 is 34.1 Å². The molecule has 2 rings (SSSR count). The third-order valence-corrected chi connectivity index (χ3v) is 5.58. The lowest BCUT2D eigenvalue weighted by Crippen LogP contribution is -2.30. The van der Waals surface area contributed by atoms with Crippen LogP contribution >= 0.6 is 24.0 Å². The maximum atomic E-state index is 12.0. The van der Waals surface area contributed by atoms with Crippen molar-refractivity contribution < 1.29 is 24.1 Å². The molecule has 2 atom stereocenters. The predicted octanol–water partition coefficient (Wildman–Crippen LogP) is 3.62. The molecule has 0 aromatic heterocycles. The minimum atomic E-state index is -1.38. The second kappa shape index (κ2) is 8.69. The van der Waals surface area contributed by atoms with E-state index in [0.717, 1.165) is 6.42 Å². The first kappa shape index (κ1) is 21.2. The van der Waals surface area contributed by atoms with E-state index in [4.69, 9.17) is 26.4 Å². The van der Waals surface area contributed by atoms with Crippen molar-refractivity contribution in [2.24, 2.45) is 0 Å². The molecule has 2 unspecified atom stereocenters. The number of thioether (sulfide) groups is 1. The molecule has 0 saturated heterocycles. The zero-order valence-electron chi connectivity index (χ0n) is 15.6. The molecule has 1 fully saturated rings. The van der Waals surface area contributed by atoms with Crippen LogP contribution in [0.4, 0.5) is 0 Å². The lowest BCUT2D eigenvalue weighted by atomic mass is 9.97. The molecule has 0 radical (unpaired) electrons. The highest BCUT2D eigenvalue weighted by atomic mass is 32.2. The second-order valence-corrected chi connectivity index (χ2v) is 9.06. The smallest absolute Gasteiger partial charge is 0.220 e. The zero-order valence-corrected chi connectivity index (χ0v) is 17.2. The van der Waals surface area contributed by atoms with E-state index in [9.17, 15) is 9.90 Å². The molecule has 5 nitrogen and oxygen atoms in total. The Morgan fingerprint density at radius 1 is 1.35 bits per heavy atom. The summed E-state index contributed by atoms with van der Waals surface area (Å²) in [5.41, 5.74) is -0.924. The number of rotatable bonds is 9. The molecule has 7 heteroatoms. The van der Waals surface area contributed by atoms with Crippen LogP contribution in [0.1, 0.15) is 44.5 Å². The summed E-state index contributed by atoms with van der Waals surface area (Å²) in [7, 11) is 0. The molecule has 1 saturated carbocycles. The Morgan fingerprint density at radius 3 is 2.58 bits per heavy atom. The summed E-state index contributed by atoms with van der Waals surface area (Å²) in [5.74, 6) is 0.342. The minimum absolute atomic E-state index is 0.00857. The van der Waals surface area contributed by atoms with E-state index in [2.05, 4.69) is 6.92 Å². The Balaban J connectivity index is 1.69. The number of ketones is 1. The molecule has 1 N–H and O–H groups in total. The summed E-state index contributed by atoms with van der Waals surface area (Å²) in [6.07, 6.45) is 1.10. The van der Waals surface area contributed by atoms with Crippen molar-refractivity contribution in [3.05, 3.63) is 29.8 Å². The van der Waals surface area contributed by atoms with Gasteiger partial charge < -0.3 is 19.3 Å². The van der Waals surface area contributed by atoms with Crippen LogP contribution in [-0.2, 0) is 9.47 Å². The van der Waals surface area contributed by atoms with Crippen LogP contribution < -0.4 is 4.74 Å². The third-order valence-electron chi connectivity index (χ3n) is 4.03. The van der Waals surface area contributed by atoms with Crippen molar-refractivity contribution in [1.82, 2.24) is 0 Å². The molecule has 0 amide bonds. The van der Waals surface area contributed by atoms with E-state index < -0.39 is 5.60 Å². The number of carbonyl (C=O) groups is 1. The van der Waals surface area contributed by atoms with Crippen molar-refractivity contribution in [2.45, 2.75) is 50.6 Å². The molecule has 144 valence electrons. The SMILES string of the molecule is CCOC(=S)SC1(C)CC1OCCOc1ccc(C(=O)C(C)(C)O)cc1. The molecule has 1 aromatic carbocycles. The first-order chi connectivity index (χ1) is 12.2. The van der Waals surface area contributed by atoms with E-state index in [1.165, 1.54) is 13.8 Å². The highest BCUT2D eigenvalue weighted by Crippen LogP contribution is 2.50. The number of aliphatic hydroxyl groups is 1. The van der Waals surface area contributed by atoms with E-state index in [-0.39, 0.29) is 16.6 Å². The lowest BCUT2D eigenvalue weighted by molar-refractivity contribution is 0.0488. The Bertz CT molecular complexity index is 638. The van der Waals surface area contributed by atoms with Gasteiger partial charge in [0.2, 0.25) is 4.38 Å². The van der Waals surface area contributed by atoms with Crippen LogP contribution in [0.2, 0.25) is 0 Å². The third kappa shape index (κ3) is 5.94. The zero-order chi connectivity index (χ0) is 19.4. The Morgan fingerprint density at radius 2 is 2.00 bits per heavy atom. The lowest BCUT2D eigenvalue weighted by Gasteiger charge is -2.15. The van der Waals surface area contributed by atoms with Gasteiger partial charge >= 0.3 is 0 Å². The first-order valence-corrected chi connectivity index (χ1v) is 9.85. The van der Waals surface area contributed by atoms with Gasteiger partial charge in [-0.15, -0.1) is 0 Å². The summed E-state index contributed by atoms with van der Waals surface area (Å²) in [6.45, 7) is 8.47. The number of benzene rings is 1. The van der Waals surface area contributed by atoms with Gasteiger partial charge in [-0.3, -0.25) is 4.79 Å². The summed E-state index contributed by atoms with van der Waals surface area (Å²) in [4.78, 5) is 12.0. The summed E-state index contributed by atoms with van der Waals surface area (Å²) in [6, 6.07) is 6.74. The van der Waals surface area contributed by atoms with Gasteiger partial charge in [-0.05, 0) is 70.6 Å². The summed E-state index contributed by atoms with van der Waals surface area (Å²) >= 11 is 6.72. The highest BCUT2D eigenvalue weighted by Gasteiger charge is 2.53. The van der Waals surface area contributed by atoms with Crippen molar-refractivity contribution in [3.63, 3.8) is 0 Å². The van der Waals surface area contributed by atoms with Gasteiger partial charge in [0, 0.05) is 5.56 Å². The van der Waals surface area contributed by atoms with Gasteiger partial charge in [0.15, 0.2) is 5.78 Å². The number of hydrogen-bond acceptors (Lipinski definition) is 7. The Labute approximate surface area is 164 Å². The summed E-state index contributed by atoms with van der Waals surface area (Å²) < 4.78 is 17.3. The average molecular weight is 399 g/mol. The number of hydrogen-bond donors (Lipinski definition) is 1. The number of Topliss-reactive ketones (excluding diaryl/α,β-unsaturated/α-hetero) is 1. The van der Waals surface area contributed by atoms with Crippen molar-refractivity contribution in [2.75, 3.05) is 19.8 Å². The number of carbonyl (C=O) groups excluding carboxylic acids is 1. The number of thiocarbonyl (C=S) groups is 1. The average Bonchev–Trinajstić information content (AvgIpc) is 3.20. The maximum Gasteiger partial charge on any atom is 0.220 e. The molecule has 0 heterocycles. The molecule has 26 heavy (non-hydrogen) atoms. The van der Waals surface area contributed by atoms with E-state index >= 15 is 0 Å². The van der Waals surface area contributed by atoms with Gasteiger partial charge in [0.1, 0.15) is 18.0 Å². The fraction of sp³-hybridized carbons (Fsp3) is 0.579. The monoisotopic (exact) mass is 398 g/mol. The predicted molar refractivity (Wildman–Crippen MR) is 107 cm³/mol. The van der Waals surface area contributed by atoms with E-state index in [0.29, 0.717) is 35.5 Å². The van der Waals surface area contributed by atoms with Crippen LogP contribution in [0.25, 0.3) is 0 Å². The van der Waals surface area contributed by atoms with Crippen LogP contribution in [0.5, 0.6) is 5.75 Å². The van der Waals surface area contributed by atoms with Crippen LogP contribution in [0.3, 0.4) is 0 Å². The van der Waals surface area contributed by atoms with Gasteiger partial charge in [0.25, 0.3) is 0 Å². The normalized spacial score (nSPS) is 22.0. The summed E-state index contributed by atoms with van der Waals surface area (Å²) in [5, 5.41) is 9.75. The van der Waals surface area contributed by atoms with Gasteiger partial charge in [0.05, 0.1) is 24.1 Å². The quantitative estimate of drug-likeness (QED) is 0.387. The molecule has 0 spiro atoms. The number of ether oxygens (including phenoxy) is 3. The molecule has 0 bridgehead atoms. The topological polar surface area (TPSA) is 65.0 Å². The standard InChI is InChI=1S/C19H26O5S2/c1-5-22-17(25)26-19(4)12-15(19)24-11-10-23-14-8-6-13(7-9-14)16(20)18(2,3)21/h6-9,15,21H,5,10-12H2,1-4H3. The molecular weight excluding hydrogens is 372 g/mol. The fourth-order valence-corrected chi connectivity index (χ4v) is 4.08.